The van der Waals surface area contributed by atoms with Crippen LogP contribution in [0.5, 0.6) is 11.6 Å². The first kappa shape index (κ1) is 23.9. The van der Waals surface area contributed by atoms with Crippen molar-refractivity contribution in [3.63, 3.8) is 0 Å². The number of ether oxygens (including phenoxy) is 2. The second-order valence-corrected chi connectivity index (χ2v) is 9.24. The van der Waals surface area contributed by atoms with Gasteiger partial charge in [0.15, 0.2) is 5.82 Å². The number of pyridine rings is 1. The molecule has 2 aliphatic rings. The molecule has 2 saturated carbocycles. The molecule has 11 nitrogen and oxygen atoms in total. The van der Waals surface area contributed by atoms with Crippen LogP contribution in [0.3, 0.4) is 0 Å². The summed E-state index contributed by atoms with van der Waals surface area (Å²) in [5, 5.41) is 20.6. The van der Waals surface area contributed by atoms with Crippen LogP contribution in [0.15, 0.2) is 18.3 Å². The Morgan fingerprint density at radius 2 is 2.03 bits per heavy atom. The lowest BCUT2D eigenvalue weighted by atomic mass is 9.87. The van der Waals surface area contributed by atoms with E-state index in [-0.39, 0.29) is 24.4 Å². The number of nitrogens with one attached hydrogen (secondary N) is 1. The van der Waals surface area contributed by atoms with Gasteiger partial charge in [0.25, 0.3) is 0 Å². The van der Waals surface area contributed by atoms with Crippen molar-refractivity contribution in [3.8, 4) is 23.0 Å². The molecule has 0 aliphatic heterocycles. The molecule has 2 N–H and O–H groups in total. The van der Waals surface area contributed by atoms with Crippen LogP contribution in [0, 0.1) is 18.7 Å². The molecule has 36 heavy (non-hydrogen) atoms. The average molecular weight is 498 g/mol. The Morgan fingerprint density at radius 1 is 1.19 bits per heavy atom. The summed E-state index contributed by atoms with van der Waals surface area (Å²) in [6.45, 7) is 1.96. The van der Waals surface area contributed by atoms with Crippen LogP contribution in [0.4, 0.5) is 10.3 Å². The number of nitrogens with zero attached hydrogens (tertiary/aromatic N) is 6. The molecular formula is C24H28FN7O4. The van der Waals surface area contributed by atoms with E-state index >= 15 is 4.39 Å². The van der Waals surface area contributed by atoms with E-state index in [2.05, 4.69) is 30.6 Å². The largest absolute Gasteiger partial charge is 0.488 e. The van der Waals surface area contributed by atoms with E-state index in [9.17, 15) is 9.90 Å². The Hall–Kier alpha value is -3.83. The van der Waals surface area contributed by atoms with Gasteiger partial charge in [-0.1, -0.05) is 5.21 Å². The summed E-state index contributed by atoms with van der Waals surface area (Å²) in [6, 6.07) is 3.00. The van der Waals surface area contributed by atoms with Crippen molar-refractivity contribution in [2.45, 2.75) is 64.2 Å². The minimum atomic E-state index is -0.823. The maximum atomic E-state index is 15.2. The number of hydrogen-bond donors (Lipinski definition) is 2. The summed E-state index contributed by atoms with van der Waals surface area (Å²) in [7, 11) is 1.71. The number of carboxylic acids is 1. The van der Waals surface area contributed by atoms with Gasteiger partial charge in [-0.2, -0.15) is 4.98 Å². The van der Waals surface area contributed by atoms with Gasteiger partial charge in [-0.3, -0.25) is 4.79 Å². The predicted octanol–water partition coefficient (Wildman–Crippen LogP) is 3.29. The highest BCUT2D eigenvalue weighted by Crippen LogP contribution is 2.32. The van der Waals surface area contributed by atoms with E-state index in [0.717, 1.165) is 25.7 Å². The zero-order valence-electron chi connectivity index (χ0n) is 20.1. The second kappa shape index (κ2) is 10.0. The molecule has 0 saturated heterocycles. The summed E-state index contributed by atoms with van der Waals surface area (Å²) >= 11 is 0. The SMILES string of the molecule is Cc1nc(-c2nnn(C)c2CNc2nccc(OC3CC3)n2)c(F)cc1O[C@H]1CCC[C@H](C(=O)O)C1. The predicted molar refractivity (Wildman–Crippen MR) is 126 cm³/mol. The smallest absolute Gasteiger partial charge is 0.306 e. The van der Waals surface area contributed by atoms with Crippen molar-refractivity contribution in [2.75, 3.05) is 5.32 Å². The maximum Gasteiger partial charge on any atom is 0.306 e. The van der Waals surface area contributed by atoms with E-state index in [0.29, 0.717) is 47.5 Å². The molecule has 2 fully saturated rings. The van der Waals surface area contributed by atoms with Gasteiger partial charge >= 0.3 is 5.97 Å². The molecule has 0 radical (unpaired) electrons. The molecule has 5 rings (SSSR count). The molecular weight excluding hydrogens is 469 g/mol. The lowest BCUT2D eigenvalue weighted by molar-refractivity contribution is -0.143. The zero-order valence-corrected chi connectivity index (χ0v) is 20.1. The summed E-state index contributed by atoms with van der Waals surface area (Å²) in [5.41, 5.74) is 1.44. The second-order valence-electron chi connectivity index (χ2n) is 9.24. The lowest BCUT2D eigenvalue weighted by Gasteiger charge is -2.27. The van der Waals surface area contributed by atoms with Gasteiger partial charge in [0.2, 0.25) is 11.8 Å². The molecule has 0 bridgehead atoms. The van der Waals surface area contributed by atoms with Crippen molar-refractivity contribution < 1.29 is 23.8 Å². The van der Waals surface area contributed by atoms with Crippen molar-refractivity contribution >= 4 is 11.9 Å². The number of anilines is 1. The number of hydrogen-bond acceptors (Lipinski definition) is 9. The summed E-state index contributed by atoms with van der Waals surface area (Å²) < 4.78 is 28.5. The molecule has 3 aromatic heterocycles. The van der Waals surface area contributed by atoms with Crippen LogP contribution in [-0.2, 0) is 18.4 Å². The number of aryl methyl sites for hydroxylation is 2. The van der Waals surface area contributed by atoms with Gasteiger partial charge in [-0.05, 0) is 45.4 Å². The molecule has 190 valence electrons. The van der Waals surface area contributed by atoms with Gasteiger partial charge in [0.1, 0.15) is 23.2 Å². The van der Waals surface area contributed by atoms with Crippen LogP contribution in [-0.4, -0.2) is 53.2 Å². The number of carbonyl (C=O) groups is 1. The van der Waals surface area contributed by atoms with Gasteiger partial charge < -0.3 is 19.9 Å². The van der Waals surface area contributed by atoms with Crippen LogP contribution >= 0.6 is 0 Å². The Morgan fingerprint density at radius 3 is 2.81 bits per heavy atom. The minimum absolute atomic E-state index is 0.0588. The Kier molecular flexibility index (Phi) is 6.66. The van der Waals surface area contributed by atoms with Gasteiger partial charge in [0, 0.05) is 25.4 Å². The molecule has 3 heterocycles. The average Bonchev–Trinajstić information content (AvgIpc) is 3.60. The van der Waals surface area contributed by atoms with Crippen molar-refractivity contribution in [3.05, 3.63) is 35.5 Å². The topological polar surface area (TPSA) is 137 Å². The zero-order chi connectivity index (χ0) is 25.2. The van der Waals surface area contributed by atoms with E-state index in [1.54, 1.807) is 30.9 Å². The van der Waals surface area contributed by atoms with Crippen LogP contribution < -0.4 is 14.8 Å². The van der Waals surface area contributed by atoms with Gasteiger partial charge in [-0.15, -0.1) is 5.10 Å². The van der Waals surface area contributed by atoms with Crippen LogP contribution in [0.25, 0.3) is 11.4 Å². The third-order valence-electron chi connectivity index (χ3n) is 6.41. The molecule has 0 amide bonds. The molecule has 0 spiro atoms. The number of rotatable bonds is 9. The molecule has 2 aliphatic carbocycles. The monoisotopic (exact) mass is 497 g/mol. The molecule has 12 heteroatoms. The minimum Gasteiger partial charge on any atom is -0.488 e. The normalized spacial score (nSPS) is 19.6. The first-order valence-electron chi connectivity index (χ1n) is 12.1. The van der Waals surface area contributed by atoms with E-state index in [1.807, 2.05) is 0 Å². The summed E-state index contributed by atoms with van der Waals surface area (Å²) in [4.78, 5) is 24.4. The summed E-state index contributed by atoms with van der Waals surface area (Å²) in [5.74, 6) is -0.682. The highest BCUT2D eigenvalue weighted by atomic mass is 19.1. The van der Waals surface area contributed by atoms with Crippen molar-refractivity contribution in [1.29, 1.82) is 0 Å². The third-order valence-corrected chi connectivity index (χ3v) is 6.41. The maximum absolute atomic E-state index is 15.2. The van der Waals surface area contributed by atoms with Crippen molar-refractivity contribution in [1.82, 2.24) is 29.9 Å². The number of aromatic nitrogens is 6. The van der Waals surface area contributed by atoms with E-state index in [1.165, 1.54) is 6.07 Å². The molecule has 0 unspecified atom stereocenters. The summed E-state index contributed by atoms with van der Waals surface area (Å²) in [6.07, 6.45) is 6.11. The molecule has 3 aromatic rings. The van der Waals surface area contributed by atoms with Gasteiger partial charge in [0.05, 0.1) is 30.0 Å². The van der Waals surface area contributed by atoms with E-state index in [4.69, 9.17) is 9.47 Å². The Labute approximate surface area is 207 Å². The first-order chi connectivity index (χ1) is 17.4. The first-order valence-corrected chi connectivity index (χ1v) is 12.1. The number of aliphatic carboxylic acids is 1. The van der Waals surface area contributed by atoms with Crippen LogP contribution in [0.2, 0.25) is 0 Å². The van der Waals surface area contributed by atoms with Crippen molar-refractivity contribution in [2.24, 2.45) is 13.0 Å². The quantitative estimate of drug-likeness (QED) is 0.453. The lowest BCUT2D eigenvalue weighted by Crippen LogP contribution is -2.29. The third kappa shape index (κ3) is 5.37. The van der Waals surface area contributed by atoms with E-state index < -0.39 is 17.7 Å². The standard InChI is InChI=1S/C24H28FN7O4/c1-13-19(35-16-5-3-4-14(10-16)23(33)34)11-17(25)21(28-13)22-18(32(2)31-30-22)12-27-24-26-9-8-20(29-24)36-15-6-7-15/h8-9,11,14-16H,3-7,10,12H2,1-2H3,(H,33,34)(H,26,27,29)/t14-,16-/m0/s1. The highest BCUT2D eigenvalue weighted by molar-refractivity contribution is 5.70. The fourth-order valence-corrected chi connectivity index (χ4v) is 4.28. The number of carboxylic acid groups (broad SMARTS) is 1. The Balaban J connectivity index is 1.31. The van der Waals surface area contributed by atoms with Crippen LogP contribution in [0.1, 0.15) is 49.9 Å². The fourth-order valence-electron chi connectivity index (χ4n) is 4.28. The fraction of sp³-hybridized carbons (Fsp3) is 0.500. The number of halogens is 1. The highest BCUT2D eigenvalue weighted by Gasteiger charge is 2.29. The Bertz CT molecular complexity index is 1260. The molecule has 2 atom stereocenters. The molecule has 0 aromatic carbocycles. The van der Waals surface area contributed by atoms with Gasteiger partial charge in [-0.25, -0.2) is 19.0 Å².